The SMILES string of the molecule is O=C(c1cnc(-c2ccc(F)c(Cl)c2)n1Cc1cc(F)c(F)c(F)c1)N1C[C@H]2C[C@@H]1CN2. The third-order valence-corrected chi connectivity index (χ3v) is 6.24. The first-order valence-corrected chi connectivity index (χ1v) is 10.4. The van der Waals surface area contributed by atoms with Gasteiger partial charge in [-0.25, -0.2) is 22.5 Å². The van der Waals surface area contributed by atoms with Gasteiger partial charge in [0.15, 0.2) is 17.5 Å². The highest BCUT2D eigenvalue weighted by molar-refractivity contribution is 6.31. The van der Waals surface area contributed by atoms with Gasteiger partial charge in [-0.1, -0.05) is 11.6 Å². The van der Waals surface area contributed by atoms with Gasteiger partial charge in [-0.15, -0.1) is 0 Å². The van der Waals surface area contributed by atoms with Gasteiger partial charge in [0.2, 0.25) is 0 Å². The number of carbonyl (C=O) groups excluding carboxylic acids is 1. The van der Waals surface area contributed by atoms with Crippen LogP contribution in [-0.4, -0.2) is 45.5 Å². The lowest BCUT2D eigenvalue weighted by Gasteiger charge is -2.27. The second-order valence-corrected chi connectivity index (χ2v) is 8.41. The van der Waals surface area contributed by atoms with Crippen LogP contribution in [0.5, 0.6) is 0 Å². The number of nitrogens with one attached hydrogen (secondary N) is 1. The molecule has 1 amide bonds. The first-order valence-electron chi connectivity index (χ1n) is 10.0. The topological polar surface area (TPSA) is 50.2 Å². The molecule has 5 rings (SSSR count). The minimum absolute atomic E-state index is 0.0558. The van der Waals surface area contributed by atoms with Crippen LogP contribution in [0.15, 0.2) is 36.5 Å². The average molecular weight is 465 g/mol. The summed E-state index contributed by atoms with van der Waals surface area (Å²) in [6.45, 7) is 1.09. The highest BCUT2D eigenvalue weighted by Gasteiger charge is 2.41. The number of carbonyl (C=O) groups is 1. The fourth-order valence-electron chi connectivity index (χ4n) is 4.41. The summed E-state index contributed by atoms with van der Waals surface area (Å²) in [5, 5.41) is 3.19. The van der Waals surface area contributed by atoms with E-state index in [4.69, 9.17) is 11.6 Å². The van der Waals surface area contributed by atoms with E-state index in [1.54, 1.807) is 4.90 Å². The van der Waals surface area contributed by atoms with Crippen LogP contribution >= 0.6 is 11.6 Å². The third kappa shape index (κ3) is 3.55. The van der Waals surface area contributed by atoms with Crippen LogP contribution in [0.25, 0.3) is 11.4 Å². The lowest BCUT2D eigenvalue weighted by Crippen LogP contribution is -2.47. The van der Waals surface area contributed by atoms with Crippen molar-refractivity contribution in [1.82, 2.24) is 19.8 Å². The number of imidazole rings is 1. The van der Waals surface area contributed by atoms with Crippen molar-refractivity contribution < 1.29 is 22.4 Å². The number of fused-ring (bicyclic) bond motifs is 2. The zero-order valence-electron chi connectivity index (χ0n) is 16.6. The molecule has 1 N–H and O–H groups in total. The second-order valence-electron chi connectivity index (χ2n) is 8.01. The highest BCUT2D eigenvalue weighted by Crippen LogP contribution is 2.29. The molecule has 0 aliphatic carbocycles. The molecule has 0 unspecified atom stereocenters. The lowest BCUT2D eigenvalue weighted by molar-refractivity contribution is 0.0705. The van der Waals surface area contributed by atoms with Gasteiger partial charge in [0.1, 0.15) is 17.3 Å². The van der Waals surface area contributed by atoms with E-state index in [-0.39, 0.29) is 46.6 Å². The molecule has 2 bridgehead atoms. The second kappa shape index (κ2) is 7.90. The number of amides is 1. The molecule has 0 radical (unpaired) electrons. The molecule has 0 spiro atoms. The summed E-state index contributed by atoms with van der Waals surface area (Å²) in [7, 11) is 0. The Labute approximate surface area is 185 Å². The monoisotopic (exact) mass is 464 g/mol. The number of aromatic nitrogens is 2. The Kier molecular flexibility index (Phi) is 5.17. The van der Waals surface area contributed by atoms with Gasteiger partial charge in [0, 0.05) is 30.7 Å². The number of halogens is 5. The van der Waals surface area contributed by atoms with Crippen molar-refractivity contribution >= 4 is 17.5 Å². The molecule has 0 saturated carbocycles. The van der Waals surface area contributed by atoms with Crippen LogP contribution in [0, 0.1) is 23.3 Å². The predicted octanol–water partition coefficient (Wildman–Crippen LogP) is 3.99. The van der Waals surface area contributed by atoms with Crippen LogP contribution in [0.3, 0.4) is 0 Å². The maximum Gasteiger partial charge on any atom is 0.272 e. The molecule has 2 fully saturated rings. The smallest absolute Gasteiger partial charge is 0.272 e. The zero-order valence-corrected chi connectivity index (χ0v) is 17.3. The average Bonchev–Trinajstić information content (AvgIpc) is 3.49. The Morgan fingerprint density at radius 1 is 1.12 bits per heavy atom. The molecule has 5 nitrogen and oxygen atoms in total. The summed E-state index contributed by atoms with van der Waals surface area (Å²) in [6.07, 6.45) is 2.24. The van der Waals surface area contributed by atoms with Crippen LogP contribution < -0.4 is 5.32 Å². The van der Waals surface area contributed by atoms with E-state index in [9.17, 15) is 22.4 Å². The van der Waals surface area contributed by atoms with Crippen LogP contribution in [0.4, 0.5) is 17.6 Å². The number of likely N-dealkylation sites (tertiary alicyclic amines) is 1. The Balaban J connectivity index is 1.58. The summed E-state index contributed by atoms with van der Waals surface area (Å²) in [5.74, 6) is -4.85. The number of hydrogen-bond acceptors (Lipinski definition) is 3. The molecule has 10 heteroatoms. The van der Waals surface area contributed by atoms with Crippen molar-refractivity contribution in [1.29, 1.82) is 0 Å². The summed E-state index contributed by atoms with van der Waals surface area (Å²) >= 11 is 5.92. The number of rotatable bonds is 4. The van der Waals surface area contributed by atoms with E-state index < -0.39 is 23.3 Å². The fraction of sp³-hybridized carbons (Fsp3) is 0.273. The van der Waals surface area contributed by atoms with Crippen molar-refractivity contribution in [3.63, 3.8) is 0 Å². The number of benzene rings is 2. The van der Waals surface area contributed by atoms with Crippen molar-refractivity contribution in [3.8, 4) is 11.4 Å². The van der Waals surface area contributed by atoms with Gasteiger partial charge in [-0.2, -0.15) is 0 Å². The summed E-state index contributed by atoms with van der Waals surface area (Å²) in [5.41, 5.74) is 0.730. The predicted molar refractivity (Wildman–Crippen MR) is 109 cm³/mol. The van der Waals surface area contributed by atoms with Crippen molar-refractivity contribution in [3.05, 3.63) is 76.1 Å². The van der Waals surface area contributed by atoms with E-state index in [0.717, 1.165) is 18.6 Å². The molecule has 32 heavy (non-hydrogen) atoms. The highest BCUT2D eigenvalue weighted by atomic mass is 35.5. The normalized spacial score (nSPS) is 19.7. The molecule has 3 aromatic rings. The minimum atomic E-state index is -1.57. The standard InChI is InChI=1S/C22H17ClF4N4O/c23-15-5-12(1-2-16(15)24)21-29-8-19(22(32)30-10-13-6-14(30)7-28-13)31(21)9-11-3-17(25)20(27)18(26)4-11/h1-5,8,13-14,28H,6-7,9-10H2/t13-,14-/m1/s1. The van der Waals surface area contributed by atoms with Gasteiger partial charge < -0.3 is 14.8 Å². The molecule has 2 aromatic carbocycles. The lowest BCUT2D eigenvalue weighted by atomic mass is 10.1. The number of nitrogens with zero attached hydrogens (tertiary/aromatic N) is 3. The van der Waals surface area contributed by atoms with E-state index >= 15 is 0 Å². The van der Waals surface area contributed by atoms with Gasteiger partial charge in [0.25, 0.3) is 5.91 Å². The Hall–Kier alpha value is -2.91. The van der Waals surface area contributed by atoms with Crippen molar-refractivity contribution in [2.45, 2.75) is 25.0 Å². The molecule has 2 aliphatic heterocycles. The largest absolute Gasteiger partial charge is 0.331 e. The van der Waals surface area contributed by atoms with Gasteiger partial charge in [-0.3, -0.25) is 4.79 Å². The van der Waals surface area contributed by atoms with E-state index in [0.29, 0.717) is 18.7 Å². The van der Waals surface area contributed by atoms with Crippen LogP contribution in [-0.2, 0) is 6.54 Å². The first kappa shape index (κ1) is 21.0. The molecule has 3 heterocycles. The number of hydrogen-bond donors (Lipinski definition) is 1. The van der Waals surface area contributed by atoms with E-state index in [1.807, 2.05) is 0 Å². The molecular formula is C22H17ClF4N4O. The molecule has 1 aromatic heterocycles. The zero-order chi connectivity index (χ0) is 22.6. The van der Waals surface area contributed by atoms with Gasteiger partial charge in [-0.05, 0) is 42.3 Å². The molecule has 2 atom stereocenters. The summed E-state index contributed by atoms with van der Waals surface area (Å²) in [6, 6.07) is 6.00. The Morgan fingerprint density at radius 2 is 1.88 bits per heavy atom. The van der Waals surface area contributed by atoms with Gasteiger partial charge >= 0.3 is 0 Å². The van der Waals surface area contributed by atoms with Crippen molar-refractivity contribution in [2.24, 2.45) is 0 Å². The minimum Gasteiger partial charge on any atom is -0.331 e. The molecular weight excluding hydrogens is 448 g/mol. The Morgan fingerprint density at radius 3 is 2.50 bits per heavy atom. The van der Waals surface area contributed by atoms with E-state index in [2.05, 4.69) is 10.3 Å². The van der Waals surface area contributed by atoms with Crippen LogP contribution in [0.2, 0.25) is 5.02 Å². The Bertz CT molecular complexity index is 1210. The molecule has 2 aliphatic rings. The van der Waals surface area contributed by atoms with Crippen molar-refractivity contribution in [2.75, 3.05) is 13.1 Å². The van der Waals surface area contributed by atoms with Crippen LogP contribution in [0.1, 0.15) is 22.5 Å². The van der Waals surface area contributed by atoms with Gasteiger partial charge in [0.05, 0.1) is 17.8 Å². The third-order valence-electron chi connectivity index (χ3n) is 5.95. The maximum atomic E-state index is 13.8. The number of piperazine rings is 1. The summed E-state index contributed by atoms with van der Waals surface area (Å²) < 4.78 is 56.2. The summed E-state index contributed by atoms with van der Waals surface area (Å²) in [4.78, 5) is 19.4. The maximum absolute atomic E-state index is 13.8. The molecule has 166 valence electrons. The quantitative estimate of drug-likeness (QED) is 0.469. The van der Waals surface area contributed by atoms with E-state index in [1.165, 1.54) is 29.0 Å². The first-order chi connectivity index (χ1) is 15.3. The molecule has 2 saturated heterocycles. The fourth-order valence-corrected chi connectivity index (χ4v) is 4.59.